The maximum atomic E-state index is 8.84. The summed E-state index contributed by atoms with van der Waals surface area (Å²) in [6.45, 7) is 0.666. The maximum Gasteiger partial charge on any atom is 0.143 e. The van der Waals surface area contributed by atoms with E-state index < -0.39 is 0 Å². The van der Waals surface area contributed by atoms with Gasteiger partial charge in [-0.2, -0.15) is 5.26 Å². The fourth-order valence-corrected chi connectivity index (χ4v) is 1.83. The number of halogens is 1. The number of hydrogen-bond acceptors (Lipinski definition) is 3. The molecule has 0 saturated heterocycles. The largest absolute Gasteiger partial charge is 0.495 e. The van der Waals surface area contributed by atoms with E-state index in [1.807, 2.05) is 30.3 Å². The molecule has 1 N–H and O–H groups in total. The van der Waals surface area contributed by atoms with Crippen molar-refractivity contribution >= 4 is 17.3 Å². The molecule has 0 saturated carbocycles. The van der Waals surface area contributed by atoms with E-state index in [-0.39, 0.29) is 0 Å². The van der Waals surface area contributed by atoms with Crippen LogP contribution < -0.4 is 10.1 Å². The summed E-state index contributed by atoms with van der Waals surface area (Å²) in [5, 5.41) is 12.8. The van der Waals surface area contributed by atoms with Crippen LogP contribution in [0.3, 0.4) is 0 Å². The molecule has 3 nitrogen and oxygen atoms in total. The van der Waals surface area contributed by atoms with E-state index in [0.29, 0.717) is 17.9 Å². The standard InChI is InChI=1S/C15H13ClN2O/c1-19-15-8-12(9-17)4-7-14(15)18-10-11-2-5-13(16)6-3-11/h2-8,18H,10H2,1H3. The van der Waals surface area contributed by atoms with E-state index in [4.69, 9.17) is 21.6 Å². The van der Waals surface area contributed by atoms with Crippen LogP contribution in [-0.2, 0) is 6.54 Å². The number of nitrogens with one attached hydrogen (secondary N) is 1. The van der Waals surface area contributed by atoms with Crippen LogP contribution in [0.2, 0.25) is 5.02 Å². The maximum absolute atomic E-state index is 8.84. The first-order chi connectivity index (χ1) is 9.22. The number of nitriles is 1. The molecule has 0 fully saturated rings. The van der Waals surface area contributed by atoms with Crippen molar-refractivity contribution in [3.63, 3.8) is 0 Å². The predicted molar refractivity (Wildman–Crippen MR) is 76.5 cm³/mol. The van der Waals surface area contributed by atoms with Gasteiger partial charge in [-0.25, -0.2) is 0 Å². The molecule has 4 heteroatoms. The summed E-state index contributed by atoms with van der Waals surface area (Å²) in [5.74, 6) is 0.660. The van der Waals surface area contributed by atoms with Crippen molar-refractivity contribution in [2.24, 2.45) is 0 Å². The van der Waals surface area contributed by atoms with E-state index in [1.165, 1.54) is 0 Å². The Bertz CT molecular complexity index is 603. The van der Waals surface area contributed by atoms with Gasteiger partial charge in [0, 0.05) is 17.6 Å². The van der Waals surface area contributed by atoms with Crippen molar-refractivity contribution < 1.29 is 4.74 Å². The molecule has 19 heavy (non-hydrogen) atoms. The highest BCUT2D eigenvalue weighted by molar-refractivity contribution is 6.30. The lowest BCUT2D eigenvalue weighted by atomic mass is 10.2. The third kappa shape index (κ3) is 3.40. The zero-order chi connectivity index (χ0) is 13.7. The molecule has 0 unspecified atom stereocenters. The molecule has 0 bridgehead atoms. The van der Waals surface area contributed by atoms with Crippen molar-refractivity contribution in [1.29, 1.82) is 5.26 Å². The first-order valence-corrected chi connectivity index (χ1v) is 6.17. The first-order valence-electron chi connectivity index (χ1n) is 5.79. The Balaban J connectivity index is 2.11. The lowest BCUT2D eigenvalue weighted by Crippen LogP contribution is -2.01. The van der Waals surface area contributed by atoms with Crippen LogP contribution in [0.1, 0.15) is 11.1 Å². The minimum Gasteiger partial charge on any atom is -0.495 e. The Morgan fingerprint density at radius 3 is 2.58 bits per heavy atom. The molecular formula is C15H13ClN2O. The van der Waals surface area contributed by atoms with Gasteiger partial charge in [-0.1, -0.05) is 23.7 Å². The highest BCUT2D eigenvalue weighted by atomic mass is 35.5. The number of anilines is 1. The van der Waals surface area contributed by atoms with Crippen LogP contribution >= 0.6 is 11.6 Å². The number of ether oxygens (including phenoxy) is 1. The minimum absolute atomic E-state index is 0.578. The highest BCUT2D eigenvalue weighted by Gasteiger charge is 2.04. The normalized spacial score (nSPS) is 9.74. The molecule has 0 aliphatic rings. The Morgan fingerprint density at radius 1 is 1.21 bits per heavy atom. The molecule has 0 radical (unpaired) electrons. The molecule has 2 aromatic rings. The molecule has 0 spiro atoms. The van der Waals surface area contributed by atoms with Crippen LogP contribution in [0.25, 0.3) is 0 Å². The number of benzene rings is 2. The summed E-state index contributed by atoms with van der Waals surface area (Å²) in [5.41, 5.74) is 2.56. The van der Waals surface area contributed by atoms with Crippen molar-refractivity contribution in [2.75, 3.05) is 12.4 Å². The predicted octanol–water partition coefficient (Wildman–Crippen LogP) is 3.83. The minimum atomic E-state index is 0.578. The van der Waals surface area contributed by atoms with Crippen molar-refractivity contribution in [3.05, 3.63) is 58.6 Å². The third-order valence-corrected chi connectivity index (χ3v) is 2.98. The fraction of sp³-hybridized carbons (Fsp3) is 0.133. The summed E-state index contributed by atoms with van der Waals surface area (Å²) in [7, 11) is 1.59. The van der Waals surface area contributed by atoms with Crippen LogP contribution in [0.4, 0.5) is 5.69 Å². The quantitative estimate of drug-likeness (QED) is 0.920. The fourth-order valence-electron chi connectivity index (χ4n) is 1.71. The second-order valence-electron chi connectivity index (χ2n) is 4.01. The average Bonchev–Trinajstić information content (AvgIpc) is 2.46. The SMILES string of the molecule is COc1cc(C#N)ccc1NCc1ccc(Cl)cc1. The second kappa shape index (κ2) is 6.12. The van der Waals surface area contributed by atoms with Gasteiger partial charge in [-0.3, -0.25) is 0 Å². The zero-order valence-electron chi connectivity index (χ0n) is 10.5. The van der Waals surface area contributed by atoms with Gasteiger partial charge in [0.25, 0.3) is 0 Å². The molecule has 0 atom stereocenters. The van der Waals surface area contributed by atoms with Gasteiger partial charge >= 0.3 is 0 Å². The first kappa shape index (κ1) is 13.3. The topological polar surface area (TPSA) is 45.0 Å². The summed E-state index contributed by atoms with van der Waals surface area (Å²) in [6.07, 6.45) is 0. The lowest BCUT2D eigenvalue weighted by molar-refractivity contribution is 0.416. The zero-order valence-corrected chi connectivity index (χ0v) is 11.2. The van der Waals surface area contributed by atoms with Crippen LogP contribution in [0, 0.1) is 11.3 Å². The van der Waals surface area contributed by atoms with Crippen LogP contribution in [-0.4, -0.2) is 7.11 Å². The molecule has 2 aromatic carbocycles. The molecule has 0 heterocycles. The van der Waals surface area contributed by atoms with Gasteiger partial charge < -0.3 is 10.1 Å². The number of rotatable bonds is 4. The Morgan fingerprint density at radius 2 is 1.95 bits per heavy atom. The number of hydrogen-bond donors (Lipinski definition) is 1. The number of nitrogens with zero attached hydrogens (tertiary/aromatic N) is 1. The van der Waals surface area contributed by atoms with Crippen molar-refractivity contribution in [2.45, 2.75) is 6.54 Å². The Kier molecular flexibility index (Phi) is 4.27. The monoisotopic (exact) mass is 272 g/mol. The van der Waals surface area contributed by atoms with Crippen LogP contribution in [0.15, 0.2) is 42.5 Å². The molecular weight excluding hydrogens is 260 g/mol. The Labute approximate surface area is 117 Å². The van der Waals surface area contributed by atoms with E-state index in [1.54, 1.807) is 19.2 Å². The highest BCUT2D eigenvalue weighted by Crippen LogP contribution is 2.25. The molecule has 0 amide bonds. The number of methoxy groups -OCH3 is 1. The summed E-state index contributed by atoms with van der Waals surface area (Å²) < 4.78 is 5.26. The van der Waals surface area contributed by atoms with Gasteiger partial charge in [0.15, 0.2) is 0 Å². The molecule has 0 aliphatic heterocycles. The van der Waals surface area contributed by atoms with E-state index >= 15 is 0 Å². The van der Waals surface area contributed by atoms with Crippen molar-refractivity contribution in [1.82, 2.24) is 0 Å². The van der Waals surface area contributed by atoms with Gasteiger partial charge in [-0.05, 0) is 29.8 Å². The Hall–Kier alpha value is -2.18. The summed E-state index contributed by atoms with van der Waals surface area (Å²) in [4.78, 5) is 0. The van der Waals surface area contributed by atoms with Crippen LogP contribution in [0.5, 0.6) is 5.75 Å². The van der Waals surface area contributed by atoms with Gasteiger partial charge in [-0.15, -0.1) is 0 Å². The van der Waals surface area contributed by atoms with Gasteiger partial charge in [0.2, 0.25) is 0 Å². The van der Waals surface area contributed by atoms with Gasteiger partial charge in [0.05, 0.1) is 24.4 Å². The van der Waals surface area contributed by atoms with Gasteiger partial charge in [0.1, 0.15) is 5.75 Å². The lowest BCUT2D eigenvalue weighted by Gasteiger charge is -2.11. The summed E-state index contributed by atoms with van der Waals surface area (Å²) >= 11 is 5.84. The third-order valence-electron chi connectivity index (χ3n) is 2.73. The second-order valence-corrected chi connectivity index (χ2v) is 4.44. The average molecular weight is 273 g/mol. The molecule has 0 aliphatic carbocycles. The van der Waals surface area contributed by atoms with E-state index in [2.05, 4.69) is 11.4 Å². The molecule has 96 valence electrons. The van der Waals surface area contributed by atoms with E-state index in [0.717, 1.165) is 16.3 Å². The summed E-state index contributed by atoms with van der Waals surface area (Å²) in [6, 6.07) is 15.0. The van der Waals surface area contributed by atoms with Crippen molar-refractivity contribution in [3.8, 4) is 11.8 Å². The molecule has 0 aromatic heterocycles. The molecule has 2 rings (SSSR count). The smallest absolute Gasteiger partial charge is 0.143 e. The van der Waals surface area contributed by atoms with E-state index in [9.17, 15) is 0 Å².